The minimum absolute atomic E-state index is 0.182. The van der Waals surface area contributed by atoms with Gasteiger partial charge in [0.2, 0.25) is 5.89 Å². The summed E-state index contributed by atoms with van der Waals surface area (Å²) in [5.74, 6) is -0.154. The molecule has 0 saturated carbocycles. The average Bonchev–Trinajstić information content (AvgIpc) is 3.26. The van der Waals surface area contributed by atoms with Crippen LogP contribution in [0.25, 0.3) is 0 Å². The number of carbonyl (C=O) groups is 1. The Bertz CT molecular complexity index is 1080. The molecule has 0 radical (unpaired) electrons. The van der Waals surface area contributed by atoms with Gasteiger partial charge in [0, 0.05) is 18.0 Å². The maximum absolute atomic E-state index is 13.3. The number of esters is 1. The van der Waals surface area contributed by atoms with Crippen molar-refractivity contribution in [3.8, 4) is 5.75 Å². The molecule has 2 aromatic carbocycles. The Morgan fingerprint density at radius 1 is 1.16 bits per heavy atom. The molecule has 4 rings (SSSR count). The number of carbonyl (C=O) groups excluding carboxylic acids is 1. The highest BCUT2D eigenvalue weighted by Crippen LogP contribution is 2.39. The number of hydrogen-bond donors (Lipinski definition) is 2. The second-order valence-electron chi connectivity index (χ2n) is 7.66. The van der Waals surface area contributed by atoms with Gasteiger partial charge in [0.1, 0.15) is 17.2 Å². The molecule has 1 unspecified atom stereocenters. The molecular weight excluding hydrogens is 401 g/mol. The SMILES string of the molecule is CCC(O)(CC)c1nnc(NCc2ccc3c(c2)OC(=O)CC3c2ccc(F)cc2)o1. The summed E-state index contributed by atoms with van der Waals surface area (Å²) in [6.07, 6.45) is 1.14. The Balaban J connectivity index is 1.51. The van der Waals surface area contributed by atoms with Gasteiger partial charge < -0.3 is 19.6 Å². The third-order valence-electron chi connectivity index (χ3n) is 5.76. The number of aliphatic hydroxyl groups is 1. The molecule has 1 aliphatic rings. The lowest BCUT2D eigenvalue weighted by molar-refractivity contribution is -0.135. The van der Waals surface area contributed by atoms with Crippen molar-refractivity contribution >= 4 is 12.0 Å². The number of ether oxygens (including phenoxy) is 1. The second kappa shape index (κ2) is 8.47. The summed E-state index contributed by atoms with van der Waals surface area (Å²) in [5, 5.41) is 21.4. The van der Waals surface area contributed by atoms with E-state index in [9.17, 15) is 14.3 Å². The van der Waals surface area contributed by atoms with E-state index in [0.717, 1.165) is 16.7 Å². The Kier molecular flexibility index (Phi) is 5.73. The summed E-state index contributed by atoms with van der Waals surface area (Å²) in [4.78, 5) is 12.2. The number of hydrogen-bond acceptors (Lipinski definition) is 7. The van der Waals surface area contributed by atoms with Crippen molar-refractivity contribution in [2.45, 2.75) is 51.2 Å². The van der Waals surface area contributed by atoms with Gasteiger partial charge in [-0.1, -0.05) is 43.2 Å². The zero-order valence-electron chi connectivity index (χ0n) is 17.4. The maximum Gasteiger partial charge on any atom is 0.315 e. The molecule has 1 aromatic heterocycles. The summed E-state index contributed by atoms with van der Waals surface area (Å²) >= 11 is 0. The summed E-state index contributed by atoms with van der Waals surface area (Å²) < 4.78 is 24.3. The highest BCUT2D eigenvalue weighted by molar-refractivity contribution is 5.77. The molecule has 162 valence electrons. The van der Waals surface area contributed by atoms with E-state index in [0.29, 0.717) is 25.1 Å². The van der Waals surface area contributed by atoms with E-state index in [1.165, 1.54) is 12.1 Å². The van der Waals surface area contributed by atoms with Gasteiger partial charge >= 0.3 is 12.0 Å². The third kappa shape index (κ3) is 4.29. The van der Waals surface area contributed by atoms with Gasteiger partial charge in [0.25, 0.3) is 0 Å². The maximum atomic E-state index is 13.3. The lowest BCUT2D eigenvalue weighted by Gasteiger charge is -2.25. The molecule has 0 spiro atoms. The fraction of sp³-hybridized carbons (Fsp3) is 0.348. The van der Waals surface area contributed by atoms with Crippen LogP contribution < -0.4 is 10.1 Å². The highest BCUT2D eigenvalue weighted by Gasteiger charge is 2.32. The molecule has 0 saturated heterocycles. The van der Waals surface area contributed by atoms with Gasteiger partial charge in [0.15, 0.2) is 0 Å². The summed E-state index contributed by atoms with van der Waals surface area (Å²) in [6.45, 7) is 4.08. The van der Waals surface area contributed by atoms with Crippen molar-refractivity contribution in [1.82, 2.24) is 10.2 Å². The molecule has 2 N–H and O–H groups in total. The van der Waals surface area contributed by atoms with Crippen molar-refractivity contribution < 1.29 is 23.4 Å². The van der Waals surface area contributed by atoms with Gasteiger partial charge in [-0.2, -0.15) is 0 Å². The second-order valence-corrected chi connectivity index (χ2v) is 7.66. The van der Waals surface area contributed by atoms with Crippen LogP contribution in [0.5, 0.6) is 5.75 Å². The van der Waals surface area contributed by atoms with Crippen LogP contribution in [-0.4, -0.2) is 21.3 Å². The summed E-state index contributed by atoms with van der Waals surface area (Å²) in [5.41, 5.74) is 1.46. The van der Waals surface area contributed by atoms with E-state index in [2.05, 4.69) is 15.5 Å². The van der Waals surface area contributed by atoms with Crippen molar-refractivity contribution in [1.29, 1.82) is 0 Å². The lowest BCUT2D eigenvalue weighted by Crippen LogP contribution is -2.23. The van der Waals surface area contributed by atoms with Crippen molar-refractivity contribution in [3.05, 3.63) is 70.9 Å². The lowest BCUT2D eigenvalue weighted by atomic mass is 9.86. The topological polar surface area (TPSA) is 97.5 Å². The van der Waals surface area contributed by atoms with Crippen LogP contribution in [0.2, 0.25) is 0 Å². The van der Waals surface area contributed by atoms with E-state index >= 15 is 0 Å². The molecule has 7 nitrogen and oxygen atoms in total. The minimum Gasteiger partial charge on any atom is -0.426 e. The van der Waals surface area contributed by atoms with Crippen LogP contribution in [0.15, 0.2) is 46.9 Å². The van der Waals surface area contributed by atoms with Crippen LogP contribution in [0.4, 0.5) is 10.4 Å². The number of aromatic nitrogens is 2. The van der Waals surface area contributed by atoms with E-state index in [1.807, 2.05) is 26.0 Å². The van der Waals surface area contributed by atoms with Gasteiger partial charge in [-0.15, -0.1) is 5.10 Å². The predicted octanol–water partition coefficient (Wildman–Crippen LogP) is 4.27. The van der Waals surface area contributed by atoms with Gasteiger partial charge in [-0.25, -0.2) is 4.39 Å². The number of nitrogens with zero attached hydrogens (tertiary/aromatic N) is 2. The first-order chi connectivity index (χ1) is 14.9. The zero-order valence-corrected chi connectivity index (χ0v) is 17.4. The number of fused-ring (bicyclic) bond motifs is 1. The van der Waals surface area contributed by atoms with E-state index < -0.39 is 5.60 Å². The van der Waals surface area contributed by atoms with Gasteiger partial charge in [0.05, 0.1) is 6.42 Å². The average molecular weight is 425 g/mol. The molecule has 2 heterocycles. The predicted molar refractivity (Wildman–Crippen MR) is 111 cm³/mol. The quantitative estimate of drug-likeness (QED) is 0.431. The van der Waals surface area contributed by atoms with Crippen molar-refractivity contribution in [2.24, 2.45) is 0 Å². The van der Waals surface area contributed by atoms with E-state index in [4.69, 9.17) is 9.15 Å². The standard InChI is InChI=1S/C23H24FN3O4/c1-3-23(29,4-2)21-26-27-22(31-21)25-13-14-5-10-17-18(12-20(28)30-19(17)11-14)15-6-8-16(24)9-7-15/h5-11,18,29H,3-4,12-13H2,1-2H3,(H,25,27). The Labute approximate surface area is 179 Å². The summed E-state index contributed by atoms with van der Waals surface area (Å²) in [6, 6.07) is 12.0. The number of halogens is 1. The van der Waals surface area contributed by atoms with Crippen LogP contribution in [0.1, 0.15) is 61.6 Å². The molecule has 0 aliphatic carbocycles. The van der Waals surface area contributed by atoms with Crippen LogP contribution >= 0.6 is 0 Å². The normalized spacial score (nSPS) is 16.0. The Morgan fingerprint density at radius 2 is 1.90 bits per heavy atom. The molecule has 3 aromatic rings. The number of benzene rings is 2. The fourth-order valence-electron chi connectivity index (χ4n) is 3.71. The molecule has 31 heavy (non-hydrogen) atoms. The van der Waals surface area contributed by atoms with Gasteiger partial charge in [-0.05, 0) is 42.2 Å². The molecule has 1 atom stereocenters. The van der Waals surface area contributed by atoms with Gasteiger partial charge in [-0.3, -0.25) is 4.79 Å². The van der Waals surface area contributed by atoms with Crippen LogP contribution in [0, 0.1) is 5.82 Å². The Morgan fingerprint density at radius 3 is 2.61 bits per heavy atom. The highest BCUT2D eigenvalue weighted by atomic mass is 19.1. The Hall–Kier alpha value is -3.26. The zero-order chi connectivity index (χ0) is 22.0. The smallest absolute Gasteiger partial charge is 0.315 e. The van der Waals surface area contributed by atoms with Crippen molar-refractivity contribution in [3.63, 3.8) is 0 Å². The first-order valence-electron chi connectivity index (χ1n) is 10.3. The number of anilines is 1. The molecule has 1 aliphatic heterocycles. The largest absolute Gasteiger partial charge is 0.426 e. The first kappa shape index (κ1) is 21.0. The van der Waals surface area contributed by atoms with E-state index in [1.54, 1.807) is 18.2 Å². The molecular formula is C23H24FN3O4. The van der Waals surface area contributed by atoms with Crippen molar-refractivity contribution in [2.75, 3.05) is 5.32 Å². The number of nitrogens with one attached hydrogen (secondary N) is 1. The monoisotopic (exact) mass is 425 g/mol. The third-order valence-corrected chi connectivity index (χ3v) is 5.76. The fourth-order valence-corrected chi connectivity index (χ4v) is 3.71. The minimum atomic E-state index is -1.14. The van der Waals surface area contributed by atoms with Crippen LogP contribution in [0.3, 0.4) is 0 Å². The molecule has 0 amide bonds. The number of rotatable bonds is 7. The summed E-state index contributed by atoms with van der Waals surface area (Å²) in [7, 11) is 0. The molecule has 0 fully saturated rings. The first-order valence-corrected chi connectivity index (χ1v) is 10.3. The van der Waals surface area contributed by atoms with E-state index in [-0.39, 0.29) is 36.0 Å². The molecule has 0 bridgehead atoms. The van der Waals surface area contributed by atoms with Crippen LogP contribution in [-0.2, 0) is 16.9 Å². The molecule has 8 heteroatoms.